The smallest absolute Gasteiger partial charge is 0.181 e. The van der Waals surface area contributed by atoms with Gasteiger partial charge in [-0.2, -0.15) is 0 Å². The molecular weight excluding hydrogens is 208 g/mol. The standard InChI is InChI=1S/C12H16O2S/c1-9-3-7-12(8-4-9)15(13,14)10(2)11-5-6-11/h3-4,7-8,10-11H,5-6H2,1-2H3/t10-/m1/s1. The second kappa shape index (κ2) is 3.63. The summed E-state index contributed by atoms with van der Waals surface area (Å²) in [6, 6.07) is 7.13. The minimum absolute atomic E-state index is 0.222. The van der Waals surface area contributed by atoms with Crippen molar-refractivity contribution in [2.24, 2.45) is 5.92 Å². The summed E-state index contributed by atoms with van der Waals surface area (Å²) in [6.07, 6.45) is 2.12. The highest BCUT2D eigenvalue weighted by atomic mass is 32.2. The summed E-state index contributed by atoms with van der Waals surface area (Å²) in [7, 11) is -3.09. The van der Waals surface area contributed by atoms with Crippen LogP contribution in [0.1, 0.15) is 25.3 Å². The first-order valence-electron chi connectivity index (χ1n) is 5.32. The molecule has 0 heterocycles. The molecule has 1 aromatic rings. The van der Waals surface area contributed by atoms with Gasteiger partial charge in [0, 0.05) is 0 Å². The van der Waals surface area contributed by atoms with Crippen LogP contribution in [0.5, 0.6) is 0 Å². The molecule has 1 aliphatic carbocycles. The molecule has 82 valence electrons. The molecule has 3 heteroatoms. The first-order chi connectivity index (χ1) is 7.01. The van der Waals surface area contributed by atoms with E-state index >= 15 is 0 Å². The van der Waals surface area contributed by atoms with Crippen LogP contribution in [0, 0.1) is 12.8 Å². The number of hydrogen-bond donors (Lipinski definition) is 0. The van der Waals surface area contributed by atoms with Crippen molar-refractivity contribution < 1.29 is 8.42 Å². The quantitative estimate of drug-likeness (QED) is 0.790. The maximum atomic E-state index is 12.1. The molecule has 0 bridgehead atoms. The summed E-state index contributed by atoms with van der Waals surface area (Å²) in [6.45, 7) is 3.79. The van der Waals surface area contributed by atoms with Crippen LogP contribution in [0.15, 0.2) is 29.2 Å². The van der Waals surface area contributed by atoms with Gasteiger partial charge in [-0.05, 0) is 44.7 Å². The second-order valence-electron chi connectivity index (χ2n) is 4.40. The zero-order chi connectivity index (χ0) is 11.1. The minimum atomic E-state index is -3.09. The second-order valence-corrected chi connectivity index (χ2v) is 6.71. The minimum Gasteiger partial charge on any atom is -0.223 e. The van der Waals surface area contributed by atoms with E-state index in [0.29, 0.717) is 10.8 Å². The van der Waals surface area contributed by atoms with Crippen molar-refractivity contribution >= 4 is 9.84 Å². The molecule has 2 rings (SSSR count). The van der Waals surface area contributed by atoms with Gasteiger partial charge in [0.15, 0.2) is 9.84 Å². The van der Waals surface area contributed by atoms with Gasteiger partial charge in [-0.1, -0.05) is 17.7 Å². The van der Waals surface area contributed by atoms with Gasteiger partial charge in [0.2, 0.25) is 0 Å². The van der Waals surface area contributed by atoms with Gasteiger partial charge in [-0.25, -0.2) is 8.42 Å². The normalized spacial score (nSPS) is 18.8. The van der Waals surface area contributed by atoms with E-state index in [0.717, 1.165) is 18.4 Å². The summed E-state index contributed by atoms with van der Waals surface area (Å²) < 4.78 is 24.2. The highest BCUT2D eigenvalue weighted by Gasteiger charge is 2.37. The number of aryl methyl sites for hydroxylation is 1. The Hall–Kier alpha value is -0.830. The molecule has 1 atom stereocenters. The lowest BCUT2D eigenvalue weighted by atomic mass is 10.2. The Kier molecular flexibility index (Phi) is 2.59. The highest BCUT2D eigenvalue weighted by Crippen LogP contribution is 2.38. The molecule has 0 amide bonds. The summed E-state index contributed by atoms with van der Waals surface area (Å²) >= 11 is 0. The van der Waals surface area contributed by atoms with Gasteiger partial charge in [0.05, 0.1) is 10.1 Å². The molecule has 15 heavy (non-hydrogen) atoms. The van der Waals surface area contributed by atoms with Gasteiger partial charge in [0.25, 0.3) is 0 Å². The van der Waals surface area contributed by atoms with E-state index in [1.54, 1.807) is 12.1 Å². The topological polar surface area (TPSA) is 34.1 Å². The summed E-state index contributed by atoms with van der Waals surface area (Å²) in [5.74, 6) is 0.385. The number of rotatable bonds is 3. The Labute approximate surface area is 91.2 Å². The lowest BCUT2D eigenvalue weighted by molar-refractivity contribution is 0.574. The molecule has 1 saturated carbocycles. The number of sulfone groups is 1. The zero-order valence-corrected chi connectivity index (χ0v) is 9.92. The van der Waals surface area contributed by atoms with Crippen molar-refractivity contribution in [2.75, 3.05) is 0 Å². The summed E-state index contributed by atoms with van der Waals surface area (Å²) in [5.41, 5.74) is 1.09. The van der Waals surface area contributed by atoms with Crippen LogP contribution in [0.25, 0.3) is 0 Å². The Morgan fingerprint density at radius 1 is 1.20 bits per heavy atom. The molecule has 0 aromatic heterocycles. The lowest BCUT2D eigenvalue weighted by Gasteiger charge is -2.11. The van der Waals surface area contributed by atoms with Gasteiger partial charge in [-0.3, -0.25) is 0 Å². The van der Waals surface area contributed by atoms with Gasteiger partial charge in [-0.15, -0.1) is 0 Å². The van der Waals surface area contributed by atoms with Crippen molar-refractivity contribution in [3.63, 3.8) is 0 Å². The maximum absolute atomic E-state index is 12.1. The van der Waals surface area contributed by atoms with E-state index in [1.165, 1.54) is 0 Å². The zero-order valence-electron chi connectivity index (χ0n) is 9.10. The van der Waals surface area contributed by atoms with Crippen LogP contribution in [0.3, 0.4) is 0 Å². The van der Waals surface area contributed by atoms with E-state index in [9.17, 15) is 8.42 Å². The molecule has 1 aliphatic rings. The third-order valence-corrected chi connectivity index (χ3v) is 5.42. The average Bonchev–Trinajstić information content (AvgIpc) is 3.00. The maximum Gasteiger partial charge on any atom is 0.181 e. The average molecular weight is 224 g/mol. The Balaban J connectivity index is 2.32. The van der Waals surface area contributed by atoms with E-state index in [4.69, 9.17) is 0 Å². The van der Waals surface area contributed by atoms with Crippen LogP contribution >= 0.6 is 0 Å². The van der Waals surface area contributed by atoms with E-state index in [2.05, 4.69) is 0 Å². The number of benzene rings is 1. The molecule has 0 unspecified atom stereocenters. The van der Waals surface area contributed by atoms with Crippen LogP contribution in [0.2, 0.25) is 0 Å². The van der Waals surface area contributed by atoms with E-state index in [-0.39, 0.29) is 5.25 Å². The number of hydrogen-bond acceptors (Lipinski definition) is 2. The Morgan fingerprint density at radius 2 is 1.73 bits per heavy atom. The lowest BCUT2D eigenvalue weighted by Crippen LogP contribution is -2.19. The van der Waals surface area contributed by atoms with Crippen molar-refractivity contribution in [3.8, 4) is 0 Å². The van der Waals surface area contributed by atoms with Crippen molar-refractivity contribution in [1.82, 2.24) is 0 Å². The molecule has 0 aliphatic heterocycles. The Morgan fingerprint density at radius 3 is 2.20 bits per heavy atom. The van der Waals surface area contributed by atoms with Gasteiger partial charge >= 0.3 is 0 Å². The molecule has 1 fully saturated rings. The van der Waals surface area contributed by atoms with Crippen LogP contribution < -0.4 is 0 Å². The van der Waals surface area contributed by atoms with Crippen LogP contribution in [-0.2, 0) is 9.84 Å². The molecule has 0 N–H and O–H groups in total. The van der Waals surface area contributed by atoms with Crippen LogP contribution in [0.4, 0.5) is 0 Å². The predicted molar refractivity (Wildman–Crippen MR) is 60.6 cm³/mol. The van der Waals surface area contributed by atoms with Crippen molar-refractivity contribution in [1.29, 1.82) is 0 Å². The third-order valence-electron chi connectivity index (χ3n) is 3.12. The van der Waals surface area contributed by atoms with Gasteiger partial charge < -0.3 is 0 Å². The Bertz CT molecular complexity index is 441. The monoisotopic (exact) mass is 224 g/mol. The van der Waals surface area contributed by atoms with Crippen molar-refractivity contribution in [3.05, 3.63) is 29.8 Å². The predicted octanol–water partition coefficient (Wildman–Crippen LogP) is 2.57. The largest absolute Gasteiger partial charge is 0.223 e. The fourth-order valence-corrected chi connectivity index (χ4v) is 3.49. The van der Waals surface area contributed by atoms with E-state index < -0.39 is 9.84 Å². The van der Waals surface area contributed by atoms with Crippen molar-refractivity contribution in [2.45, 2.75) is 36.8 Å². The third kappa shape index (κ3) is 2.07. The molecule has 2 nitrogen and oxygen atoms in total. The highest BCUT2D eigenvalue weighted by molar-refractivity contribution is 7.92. The SMILES string of the molecule is Cc1ccc(S(=O)(=O)[C@H](C)C2CC2)cc1. The fraction of sp³-hybridized carbons (Fsp3) is 0.500. The first-order valence-corrected chi connectivity index (χ1v) is 6.87. The van der Waals surface area contributed by atoms with Gasteiger partial charge in [0.1, 0.15) is 0 Å². The molecule has 0 radical (unpaired) electrons. The molecule has 0 saturated heterocycles. The van der Waals surface area contributed by atoms with Crippen LogP contribution in [-0.4, -0.2) is 13.7 Å². The first kappa shape index (κ1) is 10.7. The fourth-order valence-electron chi connectivity index (χ4n) is 1.76. The summed E-state index contributed by atoms with van der Waals surface area (Å²) in [5, 5.41) is -0.222. The molecular formula is C12H16O2S. The van der Waals surface area contributed by atoms with E-state index in [1.807, 2.05) is 26.0 Å². The summed E-state index contributed by atoms with van der Waals surface area (Å²) in [4.78, 5) is 0.465. The molecule has 0 spiro atoms. The molecule has 1 aromatic carbocycles.